The molecule has 0 fully saturated rings. The Morgan fingerprint density at radius 3 is 2.22 bits per heavy atom. The van der Waals surface area contributed by atoms with Gasteiger partial charge in [0.15, 0.2) is 0 Å². The van der Waals surface area contributed by atoms with E-state index in [4.69, 9.17) is 5.73 Å². The SMILES string of the molecule is CC(C)CC(CN)NC(=O)C(C)NS(=O)(=O)c1ccccc1C(F)(F)F.Cl. The molecule has 1 rings (SSSR count). The average molecular weight is 432 g/mol. The van der Waals surface area contributed by atoms with Gasteiger partial charge in [-0.15, -0.1) is 12.4 Å². The zero-order valence-corrected chi connectivity index (χ0v) is 16.8. The van der Waals surface area contributed by atoms with Gasteiger partial charge in [0, 0.05) is 12.6 Å². The van der Waals surface area contributed by atoms with Crippen LogP contribution in [0.5, 0.6) is 0 Å². The van der Waals surface area contributed by atoms with E-state index in [1.165, 1.54) is 13.0 Å². The second kappa shape index (κ2) is 10.3. The fourth-order valence-corrected chi connectivity index (χ4v) is 3.82. The molecule has 1 aromatic rings. The molecule has 11 heteroatoms. The molecule has 0 aliphatic rings. The predicted molar refractivity (Wildman–Crippen MR) is 98.9 cm³/mol. The Morgan fingerprint density at radius 1 is 1.19 bits per heavy atom. The van der Waals surface area contributed by atoms with Crippen molar-refractivity contribution >= 4 is 28.3 Å². The van der Waals surface area contributed by atoms with Crippen LogP contribution < -0.4 is 15.8 Å². The summed E-state index contributed by atoms with van der Waals surface area (Å²) in [4.78, 5) is 11.2. The van der Waals surface area contributed by atoms with Crippen molar-refractivity contribution in [3.8, 4) is 0 Å². The minimum absolute atomic E-state index is 0. The number of hydrogen-bond acceptors (Lipinski definition) is 4. The molecule has 0 saturated carbocycles. The zero-order chi connectivity index (χ0) is 20.1. The lowest BCUT2D eigenvalue weighted by molar-refractivity contribution is -0.139. The van der Waals surface area contributed by atoms with Gasteiger partial charge < -0.3 is 11.1 Å². The third-order valence-electron chi connectivity index (χ3n) is 3.59. The van der Waals surface area contributed by atoms with Gasteiger partial charge in [0.2, 0.25) is 15.9 Å². The molecule has 156 valence electrons. The number of rotatable bonds is 8. The van der Waals surface area contributed by atoms with E-state index in [0.717, 1.165) is 12.1 Å². The monoisotopic (exact) mass is 431 g/mol. The summed E-state index contributed by atoms with van der Waals surface area (Å²) in [6, 6.07) is 2.18. The molecule has 0 bridgehead atoms. The normalized spacial score (nSPS) is 14.4. The minimum atomic E-state index is -4.83. The van der Waals surface area contributed by atoms with Crippen LogP contribution in [-0.2, 0) is 21.0 Å². The fourth-order valence-electron chi connectivity index (χ4n) is 2.39. The first-order valence-corrected chi connectivity index (χ1v) is 9.55. The largest absolute Gasteiger partial charge is 0.417 e. The van der Waals surface area contributed by atoms with E-state index in [1.54, 1.807) is 0 Å². The maximum absolute atomic E-state index is 13.0. The smallest absolute Gasteiger partial charge is 0.351 e. The highest BCUT2D eigenvalue weighted by Crippen LogP contribution is 2.33. The van der Waals surface area contributed by atoms with Gasteiger partial charge in [0.05, 0.1) is 16.5 Å². The number of benzene rings is 1. The van der Waals surface area contributed by atoms with E-state index < -0.39 is 38.6 Å². The number of hydrogen-bond donors (Lipinski definition) is 3. The fraction of sp³-hybridized carbons (Fsp3) is 0.562. The number of alkyl halides is 3. The summed E-state index contributed by atoms with van der Waals surface area (Å²) in [5, 5.41) is 2.60. The summed E-state index contributed by atoms with van der Waals surface area (Å²) >= 11 is 0. The summed E-state index contributed by atoms with van der Waals surface area (Å²) in [7, 11) is -4.55. The Bertz CT molecular complexity index is 727. The van der Waals surface area contributed by atoms with Gasteiger partial charge in [-0.05, 0) is 31.4 Å². The van der Waals surface area contributed by atoms with Crippen LogP contribution in [0.3, 0.4) is 0 Å². The Balaban J connectivity index is 0.00000676. The molecule has 0 radical (unpaired) electrons. The third-order valence-corrected chi connectivity index (χ3v) is 5.19. The Hall–Kier alpha value is -1.36. The van der Waals surface area contributed by atoms with Crippen molar-refractivity contribution in [1.82, 2.24) is 10.0 Å². The number of halogens is 4. The van der Waals surface area contributed by atoms with Crippen LogP contribution in [0.2, 0.25) is 0 Å². The molecule has 0 aliphatic carbocycles. The lowest BCUT2D eigenvalue weighted by Gasteiger charge is -2.22. The van der Waals surface area contributed by atoms with Crippen LogP contribution in [0.25, 0.3) is 0 Å². The highest BCUT2D eigenvalue weighted by atomic mass is 35.5. The molecule has 0 saturated heterocycles. The molecule has 0 aromatic heterocycles. The van der Waals surface area contributed by atoms with Crippen molar-refractivity contribution in [2.24, 2.45) is 11.7 Å². The van der Waals surface area contributed by atoms with E-state index in [9.17, 15) is 26.4 Å². The van der Waals surface area contributed by atoms with E-state index >= 15 is 0 Å². The zero-order valence-electron chi connectivity index (χ0n) is 15.2. The van der Waals surface area contributed by atoms with E-state index in [0.29, 0.717) is 12.5 Å². The van der Waals surface area contributed by atoms with Gasteiger partial charge >= 0.3 is 6.18 Å². The molecule has 4 N–H and O–H groups in total. The van der Waals surface area contributed by atoms with Crippen molar-refractivity contribution in [3.05, 3.63) is 29.8 Å². The van der Waals surface area contributed by atoms with E-state index in [1.807, 2.05) is 18.6 Å². The topological polar surface area (TPSA) is 101 Å². The molecule has 2 atom stereocenters. The molecule has 2 unspecified atom stereocenters. The molecule has 1 amide bonds. The van der Waals surface area contributed by atoms with E-state index in [-0.39, 0.29) is 30.9 Å². The molecule has 27 heavy (non-hydrogen) atoms. The van der Waals surface area contributed by atoms with Crippen molar-refractivity contribution < 1.29 is 26.4 Å². The number of amides is 1. The van der Waals surface area contributed by atoms with Gasteiger partial charge in [0.1, 0.15) is 0 Å². The van der Waals surface area contributed by atoms with Crippen LogP contribution in [-0.4, -0.2) is 33.0 Å². The summed E-state index contributed by atoms with van der Waals surface area (Å²) in [6.07, 6.45) is -4.24. The molecule has 1 aromatic carbocycles. The van der Waals surface area contributed by atoms with Crippen LogP contribution in [0, 0.1) is 5.92 Å². The number of carbonyl (C=O) groups excluding carboxylic acids is 1. The van der Waals surface area contributed by atoms with Gasteiger partial charge in [-0.3, -0.25) is 4.79 Å². The number of sulfonamides is 1. The molecular weight excluding hydrogens is 407 g/mol. The first kappa shape index (κ1) is 25.6. The Kier molecular flexibility index (Phi) is 9.74. The standard InChI is InChI=1S/C16H24F3N3O3S.ClH/c1-10(2)8-12(9-20)21-15(23)11(3)22-26(24,25)14-7-5-4-6-13(14)16(17,18)19;/h4-7,10-12,22H,8-9,20H2,1-3H3,(H,21,23);1H. The minimum Gasteiger partial charge on any atom is -0.351 e. The lowest BCUT2D eigenvalue weighted by Crippen LogP contribution is -2.50. The lowest BCUT2D eigenvalue weighted by atomic mass is 10.0. The average Bonchev–Trinajstić information content (AvgIpc) is 2.52. The molecule has 0 heterocycles. The molecule has 0 aliphatic heterocycles. The maximum atomic E-state index is 13.0. The van der Waals surface area contributed by atoms with Crippen LogP contribution >= 0.6 is 12.4 Å². The van der Waals surface area contributed by atoms with Crippen molar-refractivity contribution in [1.29, 1.82) is 0 Å². The van der Waals surface area contributed by atoms with Crippen molar-refractivity contribution in [2.45, 2.75) is 50.3 Å². The molecule has 0 spiro atoms. The first-order chi connectivity index (χ1) is 11.9. The summed E-state index contributed by atoms with van der Waals surface area (Å²) in [5.74, 6) is -0.399. The van der Waals surface area contributed by atoms with Crippen molar-refractivity contribution in [3.63, 3.8) is 0 Å². The Morgan fingerprint density at radius 2 is 1.74 bits per heavy atom. The van der Waals surface area contributed by atoms with Gasteiger partial charge in [0.25, 0.3) is 0 Å². The van der Waals surface area contributed by atoms with E-state index in [2.05, 4.69) is 5.32 Å². The highest BCUT2D eigenvalue weighted by Gasteiger charge is 2.37. The second-order valence-corrected chi connectivity index (χ2v) is 8.09. The first-order valence-electron chi connectivity index (χ1n) is 8.07. The predicted octanol–water partition coefficient (Wildman–Crippen LogP) is 2.28. The summed E-state index contributed by atoms with van der Waals surface area (Å²) in [6.45, 7) is 5.30. The van der Waals surface area contributed by atoms with Gasteiger partial charge in [-0.1, -0.05) is 26.0 Å². The van der Waals surface area contributed by atoms with Crippen LogP contribution in [0.1, 0.15) is 32.8 Å². The van der Waals surface area contributed by atoms with Crippen LogP contribution in [0.15, 0.2) is 29.2 Å². The summed E-state index contributed by atoms with van der Waals surface area (Å²) in [5.41, 5.74) is 4.29. The molecular formula is C16H25ClF3N3O3S. The molecule has 6 nitrogen and oxygen atoms in total. The second-order valence-electron chi connectivity index (χ2n) is 6.41. The van der Waals surface area contributed by atoms with Gasteiger partial charge in [-0.25, -0.2) is 8.42 Å². The summed E-state index contributed by atoms with van der Waals surface area (Å²) < 4.78 is 65.7. The van der Waals surface area contributed by atoms with Crippen molar-refractivity contribution in [2.75, 3.05) is 6.54 Å². The number of nitrogens with one attached hydrogen (secondary N) is 2. The third kappa shape index (κ3) is 7.65. The highest BCUT2D eigenvalue weighted by molar-refractivity contribution is 7.89. The quantitative estimate of drug-likeness (QED) is 0.587. The number of nitrogens with two attached hydrogens (primary N) is 1. The number of carbonyl (C=O) groups is 1. The maximum Gasteiger partial charge on any atom is 0.417 e. The van der Waals surface area contributed by atoms with Crippen LogP contribution in [0.4, 0.5) is 13.2 Å². The van der Waals surface area contributed by atoms with Gasteiger partial charge in [-0.2, -0.15) is 17.9 Å². The Labute approximate surface area is 163 Å².